The molecule has 3 heterocycles. The summed E-state index contributed by atoms with van der Waals surface area (Å²) in [6, 6.07) is 9.25. The van der Waals surface area contributed by atoms with E-state index in [0.717, 1.165) is 51.0 Å². The van der Waals surface area contributed by atoms with Crippen molar-refractivity contribution in [3.8, 4) is 0 Å². The minimum atomic E-state index is -4.42. The molecule has 2 fully saturated rings. The zero-order chi connectivity index (χ0) is 22.7. The standard InChI is InChI=1S/C24H29F3N4O/c1-30-16-19(23(32)29-21-4-2-3-20(14-21)24(25,26)27)13-22(30)18-7-11-31(12-8-18)15-17-5-9-28-10-6-17/h2-6,9-10,14,18-19,22H,7-8,11-13,15-16H2,1H3,(H,29,32). The van der Waals surface area contributed by atoms with Gasteiger partial charge in [-0.2, -0.15) is 13.2 Å². The SMILES string of the molecule is CN1CC(C(=O)Nc2cccc(C(F)(F)F)c2)CC1C1CCN(Cc2ccncc2)CC1. The Morgan fingerprint density at radius 1 is 1.16 bits per heavy atom. The summed E-state index contributed by atoms with van der Waals surface area (Å²) in [7, 11) is 2.05. The van der Waals surface area contributed by atoms with E-state index in [1.807, 2.05) is 31.6 Å². The van der Waals surface area contributed by atoms with Crippen LogP contribution in [0.15, 0.2) is 48.8 Å². The van der Waals surface area contributed by atoms with Crippen LogP contribution in [0.1, 0.15) is 30.4 Å². The predicted octanol–water partition coefficient (Wildman–Crippen LogP) is 4.27. The average molecular weight is 447 g/mol. The van der Waals surface area contributed by atoms with Crippen molar-refractivity contribution < 1.29 is 18.0 Å². The molecule has 0 bridgehead atoms. The zero-order valence-electron chi connectivity index (χ0n) is 18.2. The van der Waals surface area contributed by atoms with E-state index in [0.29, 0.717) is 18.5 Å². The van der Waals surface area contributed by atoms with Gasteiger partial charge in [-0.1, -0.05) is 6.07 Å². The number of pyridine rings is 1. The number of carbonyl (C=O) groups is 1. The van der Waals surface area contributed by atoms with Gasteiger partial charge in [0, 0.05) is 37.2 Å². The highest BCUT2D eigenvalue weighted by atomic mass is 19.4. The highest BCUT2D eigenvalue weighted by Crippen LogP contribution is 2.34. The van der Waals surface area contributed by atoms with Gasteiger partial charge >= 0.3 is 6.18 Å². The smallest absolute Gasteiger partial charge is 0.326 e. The molecule has 4 rings (SSSR count). The molecule has 2 saturated heterocycles. The molecular weight excluding hydrogens is 417 g/mol. The fourth-order valence-electron chi connectivity index (χ4n) is 5.03. The third-order valence-corrected chi connectivity index (χ3v) is 6.76. The molecule has 0 spiro atoms. The van der Waals surface area contributed by atoms with Crippen molar-refractivity contribution in [3.05, 3.63) is 59.9 Å². The summed E-state index contributed by atoms with van der Waals surface area (Å²) < 4.78 is 38.8. The van der Waals surface area contributed by atoms with Crippen LogP contribution in [0, 0.1) is 11.8 Å². The van der Waals surface area contributed by atoms with Crippen molar-refractivity contribution in [2.45, 2.75) is 38.0 Å². The van der Waals surface area contributed by atoms with E-state index < -0.39 is 11.7 Å². The molecule has 32 heavy (non-hydrogen) atoms. The van der Waals surface area contributed by atoms with Crippen LogP contribution in [-0.2, 0) is 17.5 Å². The van der Waals surface area contributed by atoms with Crippen LogP contribution in [0.4, 0.5) is 18.9 Å². The second-order valence-electron chi connectivity index (χ2n) is 8.98. The number of benzene rings is 1. The molecular formula is C24H29F3N4O. The number of rotatable bonds is 5. The van der Waals surface area contributed by atoms with E-state index in [4.69, 9.17) is 0 Å². The summed E-state index contributed by atoms with van der Waals surface area (Å²) in [4.78, 5) is 21.5. The van der Waals surface area contributed by atoms with Crippen LogP contribution in [0.5, 0.6) is 0 Å². The lowest BCUT2D eigenvalue weighted by molar-refractivity contribution is -0.137. The predicted molar refractivity (Wildman–Crippen MR) is 117 cm³/mol. The number of alkyl halides is 3. The summed E-state index contributed by atoms with van der Waals surface area (Å²) in [6.07, 6.45) is 2.13. The number of anilines is 1. The number of aromatic nitrogens is 1. The normalized spacial score (nSPS) is 23.4. The summed E-state index contributed by atoms with van der Waals surface area (Å²) in [5.74, 6) is 0.114. The first kappa shape index (κ1) is 22.7. The van der Waals surface area contributed by atoms with Gasteiger partial charge in [0.1, 0.15) is 0 Å². The number of carbonyl (C=O) groups excluding carboxylic acids is 1. The van der Waals surface area contributed by atoms with Gasteiger partial charge in [-0.25, -0.2) is 0 Å². The van der Waals surface area contributed by atoms with Gasteiger partial charge in [0.05, 0.1) is 11.5 Å². The third kappa shape index (κ3) is 5.48. The molecule has 8 heteroatoms. The van der Waals surface area contributed by atoms with Crippen molar-refractivity contribution in [2.75, 3.05) is 32.0 Å². The average Bonchev–Trinajstić information content (AvgIpc) is 3.16. The lowest BCUT2D eigenvalue weighted by atomic mass is 9.86. The summed E-state index contributed by atoms with van der Waals surface area (Å²) in [5.41, 5.74) is 0.707. The molecule has 5 nitrogen and oxygen atoms in total. The van der Waals surface area contributed by atoms with E-state index >= 15 is 0 Å². The van der Waals surface area contributed by atoms with E-state index in [9.17, 15) is 18.0 Å². The summed E-state index contributed by atoms with van der Waals surface area (Å²) in [5, 5.41) is 2.70. The quantitative estimate of drug-likeness (QED) is 0.745. The van der Waals surface area contributed by atoms with Gasteiger partial charge < -0.3 is 10.2 Å². The number of amides is 1. The minimum absolute atomic E-state index is 0.195. The number of halogens is 3. The largest absolute Gasteiger partial charge is 0.416 e. The van der Waals surface area contributed by atoms with Crippen molar-refractivity contribution >= 4 is 11.6 Å². The first-order valence-corrected chi connectivity index (χ1v) is 11.1. The molecule has 2 aliphatic heterocycles. The summed E-state index contributed by atoms with van der Waals surface area (Å²) >= 11 is 0. The Bertz CT molecular complexity index is 913. The second-order valence-corrected chi connectivity index (χ2v) is 8.98. The second kappa shape index (κ2) is 9.58. The number of hydrogen-bond acceptors (Lipinski definition) is 4. The number of hydrogen-bond donors (Lipinski definition) is 1. The number of piperidine rings is 1. The molecule has 1 amide bonds. The first-order chi connectivity index (χ1) is 15.3. The van der Waals surface area contributed by atoms with Crippen molar-refractivity contribution in [3.63, 3.8) is 0 Å². The lowest BCUT2D eigenvalue weighted by Gasteiger charge is -2.37. The number of nitrogens with one attached hydrogen (secondary N) is 1. The van der Waals surface area contributed by atoms with Gasteiger partial charge in [0.2, 0.25) is 5.91 Å². The lowest BCUT2D eigenvalue weighted by Crippen LogP contribution is -2.41. The molecule has 172 valence electrons. The van der Waals surface area contributed by atoms with E-state index in [2.05, 4.69) is 20.1 Å². The van der Waals surface area contributed by atoms with Crippen molar-refractivity contribution in [1.29, 1.82) is 0 Å². The number of nitrogens with zero attached hydrogens (tertiary/aromatic N) is 3. The molecule has 1 N–H and O–H groups in total. The van der Waals surface area contributed by atoms with Crippen LogP contribution in [0.2, 0.25) is 0 Å². The van der Waals surface area contributed by atoms with E-state index in [1.165, 1.54) is 17.7 Å². The highest BCUT2D eigenvalue weighted by Gasteiger charge is 2.39. The van der Waals surface area contributed by atoms with Gasteiger partial charge in [-0.3, -0.25) is 14.7 Å². The van der Waals surface area contributed by atoms with Crippen molar-refractivity contribution in [2.24, 2.45) is 11.8 Å². The molecule has 2 aliphatic rings. The molecule has 0 saturated carbocycles. The molecule has 1 aromatic heterocycles. The topological polar surface area (TPSA) is 48.5 Å². The van der Waals surface area contributed by atoms with Crippen LogP contribution in [0.3, 0.4) is 0 Å². The third-order valence-electron chi connectivity index (χ3n) is 6.76. The van der Waals surface area contributed by atoms with Gasteiger partial charge in [-0.15, -0.1) is 0 Å². The Morgan fingerprint density at radius 2 is 1.88 bits per heavy atom. The summed E-state index contributed by atoms with van der Waals surface area (Å²) in [6.45, 7) is 3.61. The maximum absolute atomic E-state index is 12.9. The van der Waals surface area contributed by atoms with Crippen molar-refractivity contribution in [1.82, 2.24) is 14.8 Å². The van der Waals surface area contributed by atoms with Gasteiger partial charge in [0.25, 0.3) is 0 Å². The first-order valence-electron chi connectivity index (χ1n) is 11.1. The van der Waals surface area contributed by atoms with Crippen LogP contribution < -0.4 is 5.32 Å². The Kier molecular flexibility index (Phi) is 6.81. The Labute approximate surface area is 186 Å². The van der Waals surface area contributed by atoms with Crippen LogP contribution in [-0.4, -0.2) is 53.4 Å². The fraction of sp³-hybridized carbons (Fsp3) is 0.500. The molecule has 2 unspecified atom stereocenters. The molecule has 0 aliphatic carbocycles. The Balaban J connectivity index is 1.30. The van der Waals surface area contributed by atoms with Crippen LogP contribution >= 0.6 is 0 Å². The molecule has 2 atom stereocenters. The zero-order valence-corrected chi connectivity index (χ0v) is 18.2. The molecule has 2 aromatic rings. The minimum Gasteiger partial charge on any atom is -0.326 e. The molecule has 0 radical (unpaired) electrons. The molecule has 1 aromatic carbocycles. The fourth-order valence-corrected chi connectivity index (χ4v) is 5.03. The maximum atomic E-state index is 12.9. The Morgan fingerprint density at radius 3 is 2.56 bits per heavy atom. The van der Waals surface area contributed by atoms with E-state index in [-0.39, 0.29) is 17.5 Å². The monoisotopic (exact) mass is 446 g/mol. The highest BCUT2D eigenvalue weighted by molar-refractivity contribution is 5.93. The van der Waals surface area contributed by atoms with Crippen LogP contribution in [0.25, 0.3) is 0 Å². The number of likely N-dealkylation sites (tertiary alicyclic amines) is 2. The van der Waals surface area contributed by atoms with Gasteiger partial charge in [0.15, 0.2) is 0 Å². The van der Waals surface area contributed by atoms with E-state index in [1.54, 1.807) is 0 Å². The maximum Gasteiger partial charge on any atom is 0.416 e. The Hall–Kier alpha value is -2.45. The van der Waals surface area contributed by atoms with Gasteiger partial charge in [-0.05, 0) is 81.2 Å².